The van der Waals surface area contributed by atoms with E-state index in [9.17, 15) is 9.59 Å². The number of hydrogen-bond donors (Lipinski definition) is 0. The first-order valence-corrected chi connectivity index (χ1v) is 8.33. The first kappa shape index (κ1) is 14.9. The van der Waals surface area contributed by atoms with Gasteiger partial charge in [-0.15, -0.1) is 0 Å². The first-order chi connectivity index (χ1) is 9.90. The fourth-order valence-corrected chi connectivity index (χ4v) is 5.34. The van der Waals surface area contributed by atoms with Gasteiger partial charge in [0.25, 0.3) is 0 Å². The average Bonchev–Trinajstić information content (AvgIpc) is 3.10. The van der Waals surface area contributed by atoms with E-state index in [4.69, 9.17) is 0 Å². The minimum Gasteiger partial charge on any atom is -0.331 e. The molecule has 0 unspecified atom stereocenters. The largest absolute Gasteiger partial charge is 0.331 e. The molecule has 3 rings (SSSR count). The Balaban J connectivity index is 1.76. The van der Waals surface area contributed by atoms with Crippen molar-refractivity contribution in [2.24, 2.45) is 22.7 Å². The number of carbonyl (C=O) groups excluding carboxylic acids is 2. The van der Waals surface area contributed by atoms with Crippen molar-refractivity contribution in [1.82, 2.24) is 9.80 Å². The Morgan fingerprint density at radius 2 is 1.90 bits per heavy atom. The number of carbonyl (C=O) groups is 2. The van der Waals surface area contributed by atoms with Gasteiger partial charge in [-0.2, -0.15) is 0 Å². The maximum absolute atomic E-state index is 12.2. The highest BCUT2D eigenvalue weighted by molar-refractivity contribution is 5.74. The molecule has 1 aliphatic heterocycles. The van der Waals surface area contributed by atoms with Crippen LogP contribution in [0.2, 0.25) is 0 Å². The van der Waals surface area contributed by atoms with Gasteiger partial charge in [-0.1, -0.05) is 19.8 Å². The van der Waals surface area contributed by atoms with E-state index >= 15 is 0 Å². The number of fused-ring (bicyclic) bond motifs is 1. The Morgan fingerprint density at radius 3 is 2.43 bits per heavy atom. The van der Waals surface area contributed by atoms with Gasteiger partial charge in [-0.3, -0.25) is 0 Å². The molecule has 0 spiro atoms. The van der Waals surface area contributed by atoms with Crippen molar-refractivity contribution in [2.75, 3.05) is 27.2 Å². The van der Waals surface area contributed by atoms with Crippen LogP contribution in [-0.2, 0) is 4.79 Å². The van der Waals surface area contributed by atoms with Gasteiger partial charge in [-0.05, 0) is 42.9 Å². The molecule has 2 amide bonds. The number of rotatable bonds is 2. The number of amides is 2. The van der Waals surface area contributed by atoms with E-state index in [1.165, 1.54) is 32.0 Å². The number of likely N-dealkylation sites (tertiary alicyclic amines) is 1. The summed E-state index contributed by atoms with van der Waals surface area (Å²) in [6, 6.07) is 0.114. The molecule has 1 heterocycles. The van der Waals surface area contributed by atoms with Crippen molar-refractivity contribution >= 4 is 12.3 Å². The Kier molecular flexibility index (Phi) is 3.53. The van der Waals surface area contributed by atoms with Crippen LogP contribution in [0.3, 0.4) is 0 Å². The van der Waals surface area contributed by atoms with E-state index < -0.39 is 0 Å². The molecule has 118 valence electrons. The molecule has 2 saturated carbocycles. The lowest BCUT2D eigenvalue weighted by molar-refractivity contribution is -0.119. The summed E-state index contributed by atoms with van der Waals surface area (Å²) in [5, 5.41) is 0. The van der Waals surface area contributed by atoms with Crippen molar-refractivity contribution in [1.29, 1.82) is 0 Å². The molecule has 0 aromatic carbocycles. The van der Waals surface area contributed by atoms with Gasteiger partial charge in [0.1, 0.15) is 6.29 Å². The standard InChI is InChI=1S/C17H28N2O2/c1-16-10-17(12-20,13-6-4-5-7-13)8-14(16)9-19(11-16)15(21)18(2)3/h12-14H,4-11H2,1-3H3/t14-,16+,17+/m0/s1. The molecule has 4 nitrogen and oxygen atoms in total. The van der Waals surface area contributed by atoms with Crippen LogP contribution >= 0.6 is 0 Å². The first-order valence-electron chi connectivity index (χ1n) is 8.33. The molecule has 3 aliphatic rings. The summed E-state index contributed by atoms with van der Waals surface area (Å²) in [6.45, 7) is 3.94. The smallest absolute Gasteiger partial charge is 0.319 e. The molecular weight excluding hydrogens is 264 g/mol. The van der Waals surface area contributed by atoms with Gasteiger partial charge in [0, 0.05) is 32.6 Å². The van der Waals surface area contributed by atoms with Crippen LogP contribution in [0.4, 0.5) is 4.79 Å². The Bertz CT molecular complexity index is 444. The van der Waals surface area contributed by atoms with Crippen LogP contribution in [0.25, 0.3) is 0 Å². The summed E-state index contributed by atoms with van der Waals surface area (Å²) < 4.78 is 0. The van der Waals surface area contributed by atoms with E-state index in [1.54, 1.807) is 4.90 Å². The van der Waals surface area contributed by atoms with E-state index in [2.05, 4.69) is 6.92 Å². The summed E-state index contributed by atoms with van der Waals surface area (Å²) in [6.07, 6.45) is 8.28. The molecule has 0 radical (unpaired) electrons. The van der Waals surface area contributed by atoms with Gasteiger partial charge in [-0.25, -0.2) is 4.79 Å². The molecule has 0 N–H and O–H groups in total. The minimum atomic E-state index is -0.0941. The van der Waals surface area contributed by atoms with Gasteiger partial charge >= 0.3 is 6.03 Å². The maximum atomic E-state index is 12.2. The molecular formula is C17H28N2O2. The lowest BCUT2D eigenvalue weighted by Gasteiger charge is -2.33. The van der Waals surface area contributed by atoms with E-state index in [1.807, 2.05) is 19.0 Å². The highest BCUT2D eigenvalue weighted by atomic mass is 16.2. The Hall–Kier alpha value is -1.06. The molecule has 0 aromatic heterocycles. The minimum absolute atomic E-state index is 0.0941. The quantitative estimate of drug-likeness (QED) is 0.734. The second kappa shape index (κ2) is 4.99. The summed E-state index contributed by atoms with van der Waals surface area (Å²) in [4.78, 5) is 27.8. The number of urea groups is 1. The van der Waals surface area contributed by atoms with Crippen molar-refractivity contribution in [3.63, 3.8) is 0 Å². The zero-order valence-corrected chi connectivity index (χ0v) is 13.6. The molecule has 0 aromatic rings. The van der Waals surface area contributed by atoms with Gasteiger partial charge in [0.15, 0.2) is 0 Å². The average molecular weight is 292 g/mol. The summed E-state index contributed by atoms with van der Waals surface area (Å²) in [7, 11) is 3.63. The topological polar surface area (TPSA) is 40.6 Å². The highest BCUT2D eigenvalue weighted by Crippen LogP contribution is 2.60. The molecule has 0 bridgehead atoms. The zero-order chi connectivity index (χ0) is 15.3. The van der Waals surface area contributed by atoms with Crippen molar-refractivity contribution in [3.8, 4) is 0 Å². The summed E-state index contributed by atoms with van der Waals surface area (Å²) in [5.74, 6) is 1.09. The monoisotopic (exact) mass is 292 g/mol. The van der Waals surface area contributed by atoms with Gasteiger partial charge in [0.05, 0.1) is 0 Å². The lowest BCUT2D eigenvalue weighted by Crippen LogP contribution is -2.40. The number of nitrogens with zero attached hydrogens (tertiary/aromatic N) is 2. The SMILES string of the molecule is CN(C)C(=O)N1C[C@@H]2C[C@@](C=O)(C3CCCC3)C[C@]2(C)C1. The fourth-order valence-electron chi connectivity index (χ4n) is 5.34. The third kappa shape index (κ3) is 2.27. The summed E-state index contributed by atoms with van der Waals surface area (Å²) >= 11 is 0. The third-order valence-corrected chi connectivity index (χ3v) is 6.39. The molecule has 4 heteroatoms. The van der Waals surface area contributed by atoms with E-state index in [0.717, 1.165) is 25.9 Å². The fraction of sp³-hybridized carbons (Fsp3) is 0.882. The van der Waals surface area contributed by atoms with Gasteiger partial charge < -0.3 is 14.6 Å². The molecule has 1 saturated heterocycles. The van der Waals surface area contributed by atoms with Crippen molar-refractivity contribution in [2.45, 2.75) is 45.4 Å². The Morgan fingerprint density at radius 1 is 1.24 bits per heavy atom. The molecule has 3 fully saturated rings. The van der Waals surface area contributed by atoms with Crippen LogP contribution in [0.5, 0.6) is 0 Å². The van der Waals surface area contributed by atoms with Crippen LogP contribution in [0, 0.1) is 22.7 Å². The molecule has 2 aliphatic carbocycles. The van der Waals surface area contributed by atoms with Crippen LogP contribution in [-0.4, -0.2) is 49.3 Å². The predicted molar refractivity (Wildman–Crippen MR) is 81.9 cm³/mol. The van der Waals surface area contributed by atoms with Crippen molar-refractivity contribution in [3.05, 3.63) is 0 Å². The zero-order valence-electron chi connectivity index (χ0n) is 13.6. The predicted octanol–water partition coefficient (Wildman–Crippen LogP) is 2.78. The third-order valence-electron chi connectivity index (χ3n) is 6.39. The van der Waals surface area contributed by atoms with Crippen LogP contribution in [0.1, 0.15) is 45.4 Å². The lowest BCUT2D eigenvalue weighted by atomic mass is 9.71. The van der Waals surface area contributed by atoms with Gasteiger partial charge in [0.2, 0.25) is 0 Å². The number of hydrogen-bond acceptors (Lipinski definition) is 2. The second-order valence-electron chi connectivity index (χ2n) is 8.12. The Labute approximate surface area is 127 Å². The normalized spacial score (nSPS) is 39.6. The van der Waals surface area contributed by atoms with Crippen LogP contribution < -0.4 is 0 Å². The number of aldehydes is 1. The van der Waals surface area contributed by atoms with E-state index in [0.29, 0.717) is 11.8 Å². The highest BCUT2D eigenvalue weighted by Gasteiger charge is 2.59. The van der Waals surface area contributed by atoms with Crippen molar-refractivity contribution < 1.29 is 9.59 Å². The molecule has 3 atom stereocenters. The maximum Gasteiger partial charge on any atom is 0.319 e. The molecule has 21 heavy (non-hydrogen) atoms. The second-order valence-corrected chi connectivity index (χ2v) is 8.12. The summed E-state index contributed by atoms with van der Waals surface area (Å²) in [5.41, 5.74) is 0.0400. The van der Waals surface area contributed by atoms with E-state index in [-0.39, 0.29) is 16.9 Å². The van der Waals surface area contributed by atoms with Crippen LogP contribution in [0.15, 0.2) is 0 Å².